The maximum absolute atomic E-state index is 5.46. The molecule has 0 bridgehead atoms. The molecule has 0 fully saturated rings. The van der Waals surface area contributed by atoms with Gasteiger partial charge in [0.25, 0.3) is 0 Å². The Labute approximate surface area is 89.1 Å². The van der Waals surface area contributed by atoms with E-state index in [1.807, 2.05) is 44.3 Å². The molecule has 0 radical (unpaired) electrons. The number of aromatic nitrogens is 1. The van der Waals surface area contributed by atoms with Crippen LogP contribution in [0, 0.1) is 0 Å². The Morgan fingerprint density at radius 1 is 1.33 bits per heavy atom. The number of ether oxygens (including phenoxy) is 1. The van der Waals surface area contributed by atoms with E-state index < -0.39 is 0 Å². The second-order valence-corrected chi connectivity index (χ2v) is 3.22. The first kappa shape index (κ1) is 9.77. The van der Waals surface area contributed by atoms with E-state index in [0.29, 0.717) is 12.5 Å². The molecule has 0 unspecified atom stereocenters. The highest BCUT2D eigenvalue weighted by atomic mass is 16.5. The highest BCUT2D eigenvalue weighted by molar-refractivity contribution is 5.83. The molecule has 3 nitrogen and oxygen atoms in total. The molecule has 2 aromatic rings. The normalized spacial score (nSPS) is 10.3. The first-order valence-electron chi connectivity index (χ1n) is 5.05. The van der Waals surface area contributed by atoms with Gasteiger partial charge in [-0.1, -0.05) is 18.2 Å². The molecule has 0 spiro atoms. The molecule has 0 aliphatic rings. The van der Waals surface area contributed by atoms with Crippen LogP contribution in [0.2, 0.25) is 0 Å². The van der Waals surface area contributed by atoms with Gasteiger partial charge in [0, 0.05) is 12.4 Å². The number of nitrogens with zero attached hydrogens (tertiary/aromatic N) is 1. The standard InChI is InChI=1S/C12H14N2O/c1-3-15-12-11(13-2)8-9-6-4-5-7-10(9)14-12/h4-8,13H,3H2,1-2H3. The van der Waals surface area contributed by atoms with Gasteiger partial charge in [-0.05, 0) is 19.1 Å². The summed E-state index contributed by atoms with van der Waals surface area (Å²) in [7, 11) is 1.87. The van der Waals surface area contributed by atoms with Gasteiger partial charge < -0.3 is 10.1 Å². The lowest BCUT2D eigenvalue weighted by Gasteiger charge is -2.09. The molecule has 1 aromatic carbocycles. The number of rotatable bonds is 3. The van der Waals surface area contributed by atoms with E-state index >= 15 is 0 Å². The third kappa shape index (κ3) is 1.86. The van der Waals surface area contributed by atoms with Crippen molar-refractivity contribution < 1.29 is 4.74 Å². The van der Waals surface area contributed by atoms with Crippen molar-refractivity contribution in [3.05, 3.63) is 30.3 Å². The summed E-state index contributed by atoms with van der Waals surface area (Å²) in [5.41, 5.74) is 1.88. The molecular weight excluding hydrogens is 188 g/mol. The summed E-state index contributed by atoms with van der Waals surface area (Å²) in [5.74, 6) is 0.665. The van der Waals surface area contributed by atoms with Crippen LogP contribution in [0.4, 0.5) is 5.69 Å². The molecule has 1 N–H and O–H groups in total. The molecular formula is C12H14N2O. The summed E-state index contributed by atoms with van der Waals surface area (Å²) >= 11 is 0. The van der Waals surface area contributed by atoms with Crippen molar-refractivity contribution in [3.63, 3.8) is 0 Å². The van der Waals surface area contributed by atoms with E-state index in [4.69, 9.17) is 4.74 Å². The fourth-order valence-corrected chi connectivity index (χ4v) is 1.52. The summed E-state index contributed by atoms with van der Waals surface area (Å²) in [6, 6.07) is 10.1. The smallest absolute Gasteiger partial charge is 0.237 e. The predicted octanol–water partition coefficient (Wildman–Crippen LogP) is 2.68. The fourth-order valence-electron chi connectivity index (χ4n) is 1.52. The number of nitrogens with one attached hydrogen (secondary N) is 1. The second-order valence-electron chi connectivity index (χ2n) is 3.22. The average molecular weight is 202 g/mol. The Kier molecular flexibility index (Phi) is 2.72. The van der Waals surface area contributed by atoms with Crippen LogP contribution in [-0.2, 0) is 0 Å². The van der Waals surface area contributed by atoms with Gasteiger partial charge in [0.2, 0.25) is 5.88 Å². The van der Waals surface area contributed by atoms with Gasteiger partial charge in [0.15, 0.2) is 0 Å². The van der Waals surface area contributed by atoms with Crippen molar-refractivity contribution in [2.75, 3.05) is 19.0 Å². The van der Waals surface area contributed by atoms with Crippen LogP contribution in [0.15, 0.2) is 30.3 Å². The number of hydrogen-bond acceptors (Lipinski definition) is 3. The molecule has 15 heavy (non-hydrogen) atoms. The summed E-state index contributed by atoms with van der Waals surface area (Å²) in [4.78, 5) is 4.45. The van der Waals surface area contributed by atoms with Crippen LogP contribution in [0.5, 0.6) is 5.88 Å². The predicted molar refractivity (Wildman–Crippen MR) is 62.5 cm³/mol. The van der Waals surface area contributed by atoms with Crippen molar-refractivity contribution >= 4 is 16.6 Å². The van der Waals surface area contributed by atoms with E-state index in [-0.39, 0.29) is 0 Å². The molecule has 1 heterocycles. The second kappa shape index (κ2) is 4.17. The number of benzene rings is 1. The van der Waals surface area contributed by atoms with Gasteiger partial charge in [-0.2, -0.15) is 0 Å². The minimum absolute atomic E-state index is 0.625. The molecule has 0 saturated carbocycles. The Bertz CT molecular complexity index is 468. The highest BCUT2D eigenvalue weighted by Crippen LogP contribution is 2.26. The number of para-hydroxylation sites is 1. The third-order valence-corrected chi connectivity index (χ3v) is 2.24. The first-order valence-corrected chi connectivity index (χ1v) is 5.05. The summed E-state index contributed by atoms with van der Waals surface area (Å²) in [6.07, 6.45) is 0. The summed E-state index contributed by atoms with van der Waals surface area (Å²) in [5, 5.41) is 4.20. The Hall–Kier alpha value is -1.77. The maximum atomic E-state index is 5.46. The van der Waals surface area contributed by atoms with E-state index in [1.165, 1.54) is 0 Å². The summed E-state index contributed by atoms with van der Waals surface area (Å²) in [6.45, 7) is 2.58. The van der Waals surface area contributed by atoms with Gasteiger partial charge in [0.05, 0.1) is 17.8 Å². The molecule has 1 aromatic heterocycles. The molecule has 0 saturated heterocycles. The lowest BCUT2D eigenvalue weighted by Crippen LogP contribution is -2.00. The Balaban J connectivity index is 2.58. The fraction of sp³-hybridized carbons (Fsp3) is 0.250. The first-order chi connectivity index (χ1) is 7.35. The Morgan fingerprint density at radius 3 is 2.87 bits per heavy atom. The number of hydrogen-bond donors (Lipinski definition) is 1. The van der Waals surface area contributed by atoms with Gasteiger partial charge in [0.1, 0.15) is 0 Å². The van der Waals surface area contributed by atoms with Crippen LogP contribution in [0.25, 0.3) is 10.9 Å². The van der Waals surface area contributed by atoms with E-state index in [1.54, 1.807) is 0 Å². The Morgan fingerprint density at radius 2 is 2.13 bits per heavy atom. The SMILES string of the molecule is CCOc1nc2ccccc2cc1NC. The zero-order valence-corrected chi connectivity index (χ0v) is 8.95. The molecule has 0 atom stereocenters. The average Bonchev–Trinajstić information content (AvgIpc) is 2.28. The number of anilines is 1. The monoisotopic (exact) mass is 202 g/mol. The van der Waals surface area contributed by atoms with Gasteiger partial charge in [-0.3, -0.25) is 0 Å². The molecule has 0 amide bonds. The van der Waals surface area contributed by atoms with Crippen LogP contribution in [0.1, 0.15) is 6.92 Å². The topological polar surface area (TPSA) is 34.1 Å². The zero-order valence-electron chi connectivity index (χ0n) is 8.95. The minimum Gasteiger partial charge on any atom is -0.476 e. The number of pyridine rings is 1. The molecule has 3 heteroatoms. The van der Waals surface area contributed by atoms with Crippen molar-refractivity contribution in [2.45, 2.75) is 6.92 Å². The molecule has 78 valence electrons. The van der Waals surface area contributed by atoms with Gasteiger partial charge in [-0.25, -0.2) is 4.98 Å². The highest BCUT2D eigenvalue weighted by Gasteiger charge is 2.05. The van der Waals surface area contributed by atoms with Crippen molar-refractivity contribution in [3.8, 4) is 5.88 Å². The van der Waals surface area contributed by atoms with Crippen molar-refractivity contribution in [1.82, 2.24) is 4.98 Å². The molecule has 2 rings (SSSR count). The van der Waals surface area contributed by atoms with E-state index in [2.05, 4.69) is 10.3 Å². The largest absolute Gasteiger partial charge is 0.476 e. The van der Waals surface area contributed by atoms with E-state index in [0.717, 1.165) is 16.6 Å². The third-order valence-electron chi connectivity index (χ3n) is 2.24. The maximum Gasteiger partial charge on any atom is 0.237 e. The molecule has 0 aliphatic heterocycles. The number of fused-ring (bicyclic) bond motifs is 1. The van der Waals surface area contributed by atoms with Gasteiger partial charge >= 0.3 is 0 Å². The minimum atomic E-state index is 0.625. The van der Waals surface area contributed by atoms with Crippen LogP contribution in [-0.4, -0.2) is 18.6 Å². The lowest BCUT2D eigenvalue weighted by atomic mass is 10.2. The van der Waals surface area contributed by atoms with Crippen molar-refractivity contribution in [1.29, 1.82) is 0 Å². The quantitative estimate of drug-likeness (QED) is 0.830. The summed E-state index contributed by atoms with van der Waals surface area (Å²) < 4.78 is 5.46. The van der Waals surface area contributed by atoms with Crippen molar-refractivity contribution in [2.24, 2.45) is 0 Å². The van der Waals surface area contributed by atoms with Crippen LogP contribution >= 0.6 is 0 Å². The van der Waals surface area contributed by atoms with E-state index in [9.17, 15) is 0 Å². The van der Waals surface area contributed by atoms with Gasteiger partial charge in [-0.15, -0.1) is 0 Å². The zero-order chi connectivity index (χ0) is 10.7. The van der Waals surface area contributed by atoms with Crippen LogP contribution < -0.4 is 10.1 Å². The lowest BCUT2D eigenvalue weighted by molar-refractivity contribution is 0.330. The molecule has 0 aliphatic carbocycles. The van der Waals surface area contributed by atoms with Crippen LogP contribution in [0.3, 0.4) is 0 Å².